The van der Waals surface area contributed by atoms with Gasteiger partial charge in [-0.25, -0.2) is 0 Å². The highest BCUT2D eigenvalue weighted by Gasteiger charge is 2.23. The number of carbonyl (C=O) groups excluding carboxylic acids is 1. The van der Waals surface area contributed by atoms with Crippen molar-refractivity contribution < 1.29 is 19.0 Å². The number of anilines is 1. The molecule has 0 saturated heterocycles. The van der Waals surface area contributed by atoms with Crippen LogP contribution in [-0.4, -0.2) is 26.2 Å². The number of benzene rings is 3. The van der Waals surface area contributed by atoms with Crippen molar-refractivity contribution in [3.8, 4) is 17.2 Å². The van der Waals surface area contributed by atoms with Gasteiger partial charge in [0.15, 0.2) is 11.5 Å². The second-order valence-electron chi connectivity index (χ2n) is 6.44. The lowest BCUT2D eigenvalue weighted by molar-refractivity contribution is -0.115. The van der Waals surface area contributed by atoms with Crippen LogP contribution in [-0.2, 0) is 4.79 Å². The van der Waals surface area contributed by atoms with E-state index in [2.05, 4.69) is 5.32 Å². The van der Waals surface area contributed by atoms with Crippen molar-refractivity contribution in [3.63, 3.8) is 0 Å². The summed E-state index contributed by atoms with van der Waals surface area (Å²) in [6, 6.07) is 22.8. The third-order valence-corrected chi connectivity index (χ3v) is 5.69. The molecule has 1 amide bonds. The van der Waals surface area contributed by atoms with Crippen LogP contribution in [0.15, 0.2) is 77.7 Å². The highest BCUT2D eigenvalue weighted by molar-refractivity contribution is 8.00. The molecule has 0 fully saturated rings. The third-order valence-electron chi connectivity index (χ3n) is 4.45. The summed E-state index contributed by atoms with van der Waals surface area (Å²) in [6.45, 7) is 1.08. The van der Waals surface area contributed by atoms with E-state index in [9.17, 15) is 4.79 Å². The molecule has 5 nitrogen and oxygen atoms in total. The summed E-state index contributed by atoms with van der Waals surface area (Å²) in [5.74, 6) is 2.03. The zero-order valence-electron chi connectivity index (χ0n) is 16.0. The van der Waals surface area contributed by atoms with Crippen LogP contribution in [0, 0.1) is 0 Å². The van der Waals surface area contributed by atoms with Gasteiger partial charge in [0.2, 0.25) is 5.91 Å². The van der Waals surface area contributed by atoms with Gasteiger partial charge in [0.1, 0.15) is 24.2 Å². The van der Waals surface area contributed by atoms with Crippen molar-refractivity contribution in [2.75, 3.05) is 25.6 Å². The second-order valence-corrected chi connectivity index (χ2v) is 7.61. The number of carbonyl (C=O) groups is 1. The number of nitrogens with one attached hydrogen (secondary N) is 1. The fourth-order valence-electron chi connectivity index (χ4n) is 3.04. The number of methoxy groups -OCH3 is 1. The third kappa shape index (κ3) is 4.66. The van der Waals surface area contributed by atoms with E-state index in [1.54, 1.807) is 13.2 Å². The molecule has 29 heavy (non-hydrogen) atoms. The number of hydrogen-bond donors (Lipinski definition) is 1. The molecule has 148 valence electrons. The monoisotopic (exact) mass is 407 g/mol. The van der Waals surface area contributed by atoms with E-state index < -0.39 is 5.25 Å². The first kappa shape index (κ1) is 19.2. The largest absolute Gasteiger partial charge is 0.497 e. The average Bonchev–Trinajstić information content (AvgIpc) is 2.78. The molecule has 4 rings (SSSR count). The Labute approximate surface area is 174 Å². The predicted octanol–water partition coefficient (Wildman–Crippen LogP) is 4.94. The van der Waals surface area contributed by atoms with Crippen LogP contribution in [0.2, 0.25) is 0 Å². The standard InChI is InChI=1S/C23H21NO4S/c1-26-18-9-5-8-17(14-18)24-23(25)22(16-6-3-2-4-7-16)29-19-10-11-20-21(15-19)28-13-12-27-20/h2-11,14-15,22H,12-13H2,1H3,(H,24,25)/t22-/m1/s1. The highest BCUT2D eigenvalue weighted by atomic mass is 32.2. The van der Waals surface area contributed by atoms with Gasteiger partial charge in [0.05, 0.1) is 7.11 Å². The lowest BCUT2D eigenvalue weighted by atomic mass is 10.1. The van der Waals surface area contributed by atoms with Crippen molar-refractivity contribution in [2.24, 2.45) is 0 Å². The zero-order valence-corrected chi connectivity index (χ0v) is 16.8. The smallest absolute Gasteiger partial charge is 0.242 e. The molecule has 1 heterocycles. The minimum absolute atomic E-state index is 0.107. The average molecular weight is 407 g/mol. The summed E-state index contributed by atoms with van der Waals surface area (Å²) < 4.78 is 16.5. The van der Waals surface area contributed by atoms with Gasteiger partial charge in [-0.3, -0.25) is 4.79 Å². The fourth-order valence-corrected chi connectivity index (χ4v) is 4.10. The molecule has 6 heteroatoms. The molecule has 3 aromatic rings. The molecule has 0 saturated carbocycles. The molecular weight excluding hydrogens is 386 g/mol. The van der Waals surface area contributed by atoms with E-state index in [0.717, 1.165) is 16.2 Å². The maximum absolute atomic E-state index is 13.2. The molecule has 1 aliphatic rings. The van der Waals surface area contributed by atoms with Gasteiger partial charge in [-0.15, -0.1) is 11.8 Å². The second kappa shape index (κ2) is 8.92. The first-order valence-electron chi connectivity index (χ1n) is 9.29. The Balaban J connectivity index is 1.59. The van der Waals surface area contributed by atoms with Gasteiger partial charge >= 0.3 is 0 Å². The Morgan fingerprint density at radius 2 is 1.76 bits per heavy atom. The van der Waals surface area contributed by atoms with E-state index >= 15 is 0 Å². The summed E-state index contributed by atoms with van der Waals surface area (Å²) >= 11 is 1.47. The van der Waals surface area contributed by atoms with Crippen LogP contribution in [0.4, 0.5) is 5.69 Å². The molecule has 0 spiro atoms. The lowest BCUT2D eigenvalue weighted by Crippen LogP contribution is -2.19. The van der Waals surface area contributed by atoms with Crippen LogP contribution in [0.1, 0.15) is 10.8 Å². The Morgan fingerprint density at radius 3 is 2.55 bits per heavy atom. The molecule has 1 aliphatic heterocycles. The van der Waals surface area contributed by atoms with E-state index in [0.29, 0.717) is 30.4 Å². The van der Waals surface area contributed by atoms with Gasteiger partial charge in [-0.1, -0.05) is 36.4 Å². The molecule has 0 bridgehead atoms. The van der Waals surface area contributed by atoms with Gasteiger partial charge in [0, 0.05) is 16.6 Å². The van der Waals surface area contributed by atoms with Gasteiger partial charge in [0.25, 0.3) is 0 Å². The van der Waals surface area contributed by atoms with Crippen LogP contribution in [0.5, 0.6) is 17.2 Å². The van der Waals surface area contributed by atoms with Gasteiger partial charge < -0.3 is 19.5 Å². The molecule has 0 radical (unpaired) electrons. The van der Waals surface area contributed by atoms with Crippen LogP contribution < -0.4 is 19.5 Å². The maximum atomic E-state index is 13.2. The normalized spacial score (nSPS) is 13.4. The van der Waals surface area contributed by atoms with E-state index in [-0.39, 0.29) is 5.91 Å². The Kier molecular flexibility index (Phi) is 5.91. The first-order valence-corrected chi connectivity index (χ1v) is 10.2. The zero-order chi connectivity index (χ0) is 20.1. The summed E-state index contributed by atoms with van der Waals surface area (Å²) in [5.41, 5.74) is 1.62. The van der Waals surface area contributed by atoms with Crippen molar-refractivity contribution in [3.05, 3.63) is 78.4 Å². The number of amides is 1. The van der Waals surface area contributed by atoms with E-state index in [1.807, 2.05) is 66.7 Å². The number of hydrogen-bond acceptors (Lipinski definition) is 5. The molecule has 0 aliphatic carbocycles. The quantitative estimate of drug-likeness (QED) is 0.587. The van der Waals surface area contributed by atoms with E-state index in [1.165, 1.54) is 11.8 Å². The predicted molar refractivity (Wildman–Crippen MR) is 114 cm³/mol. The van der Waals surface area contributed by atoms with Crippen molar-refractivity contribution in [2.45, 2.75) is 10.1 Å². The lowest BCUT2D eigenvalue weighted by Gasteiger charge is -2.21. The minimum atomic E-state index is -0.426. The van der Waals surface area contributed by atoms with Crippen molar-refractivity contribution in [1.82, 2.24) is 0 Å². The summed E-state index contributed by atoms with van der Waals surface area (Å²) in [4.78, 5) is 14.1. The number of rotatable bonds is 6. The van der Waals surface area contributed by atoms with Crippen LogP contribution in [0.25, 0.3) is 0 Å². The van der Waals surface area contributed by atoms with Crippen molar-refractivity contribution in [1.29, 1.82) is 0 Å². The number of fused-ring (bicyclic) bond motifs is 1. The fraction of sp³-hybridized carbons (Fsp3) is 0.174. The number of ether oxygens (including phenoxy) is 3. The highest BCUT2D eigenvalue weighted by Crippen LogP contribution is 2.40. The van der Waals surface area contributed by atoms with Crippen LogP contribution in [0.3, 0.4) is 0 Å². The Hall–Kier alpha value is -3.12. The first-order chi connectivity index (χ1) is 14.2. The van der Waals surface area contributed by atoms with Gasteiger partial charge in [-0.2, -0.15) is 0 Å². The topological polar surface area (TPSA) is 56.8 Å². The summed E-state index contributed by atoms with van der Waals surface area (Å²) in [5, 5.41) is 2.58. The molecular formula is C23H21NO4S. The molecule has 1 N–H and O–H groups in total. The van der Waals surface area contributed by atoms with Crippen molar-refractivity contribution >= 4 is 23.4 Å². The van der Waals surface area contributed by atoms with E-state index in [4.69, 9.17) is 14.2 Å². The Bertz CT molecular complexity index is 993. The molecule has 1 atom stereocenters. The molecule has 0 unspecified atom stereocenters. The molecule has 3 aromatic carbocycles. The SMILES string of the molecule is COc1cccc(NC(=O)[C@H](Sc2ccc3c(c2)OCCO3)c2ccccc2)c1. The maximum Gasteiger partial charge on any atom is 0.242 e. The minimum Gasteiger partial charge on any atom is -0.497 e. The Morgan fingerprint density at radius 1 is 0.966 bits per heavy atom. The summed E-state index contributed by atoms with van der Waals surface area (Å²) in [7, 11) is 1.60. The van der Waals surface area contributed by atoms with Crippen LogP contribution >= 0.6 is 11.8 Å². The molecule has 0 aromatic heterocycles. The van der Waals surface area contributed by atoms with Gasteiger partial charge in [-0.05, 0) is 35.9 Å². The number of thioether (sulfide) groups is 1. The summed E-state index contributed by atoms with van der Waals surface area (Å²) in [6.07, 6.45) is 0.